The molecule has 0 aliphatic heterocycles. The Morgan fingerprint density at radius 3 is 1.84 bits per heavy atom. The fourth-order valence-corrected chi connectivity index (χ4v) is 8.72. The molecule has 0 saturated heterocycles. The number of aromatic nitrogens is 4. The van der Waals surface area contributed by atoms with Crippen molar-refractivity contribution in [3.63, 3.8) is 0 Å². The Bertz CT molecular complexity index is 3120. The highest BCUT2D eigenvalue weighted by molar-refractivity contribution is 7.25. The van der Waals surface area contributed by atoms with E-state index >= 15 is 0 Å². The third kappa shape index (κ3) is 4.30. The SMILES string of the molecule is c1ccc(-n2c3ccccc3c3ccccc32)c(-c2nc(-c3ccc4c(c3)sc3ccccc34)nc(-c3cccc4c3oc3ccccc34)n2)c1. The van der Waals surface area contributed by atoms with E-state index in [1.54, 1.807) is 11.3 Å². The number of para-hydroxylation sites is 5. The molecule has 7 aromatic carbocycles. The first-order valence-corrected chi connectivity index (χ1v) is 17.8. The third-order valence-corrected chi connectivity index (χ3v) is 11.0. The number of furan rings is 1. The van der Waals surface area contributed by atoms with Crippen molar-refractivity contribution in [1.29, 1.82) is 0 Å². The van der Waals surface area contributed by atoms with Crippen molar-refractivity contribution in [3.8, 4) is 39.9 Å². The van der Waals surface area contributed by atoms with Gasteiger partial charge in [-0.15, -0.1) is 11.3 Å². The van der Waals surface area contributed by atoms with Crippen molar-refractivity contribution in [3.05, 3.63) is 158 Å². The zero-order valence-electron chi connectivity index (χ0n) is 27.1. The van der Waals surface area contributed by atoms with Crippen molar-refractivity contribution in [2.24, 2.45) is 0 Å². The van der Waals surface area contributed by atoms with E-state index in [-0.39, 0.29) is 0 Å². The quantitative estimate of drug-likeness (QED) is 0.187. The molecular weight excluding hydrogens is 645 g/mol. The standard InChI is InChI=1S/C45H26N4OS/c1-6-19-36-28(12-1)29-13-2-7-20-37(29)49(36)38-21-8-3-16-34(38)44-46-43(27-24-25-32-31-15-5-10-23-40(31)51-41(32)26-27)47-45(48-44)35-18-11-17-33-30-14-4-9-22-39(30)50-42(33)35/h1-26H. The van der Waals surface area contributed by atoms with Crippen LogP contribution in [0.15, 0.2) is 162 Å². The molecule has 0 aliphatic rings. The van der Waals surface area contributed by atoms with Crippen molar-refractivity contribution >= 4 is 75.3 Å². The molecule has 238 valence electrons. The lowest BCUT2D eigenvalue weighted by atomic mass is 10.1. The van der Waals surface area contributed by atoms with E-state index in [2.05, 4.69) is 138 Å². The maximum Gasteiger partial charge on any atom is 0.167 e. The van der Waals surface area contributed by atoms with E-state index in [9.17, 15) is 0 Å². The van der Waals surface area contributed by atoms with E-state index < -0.39 is 0 Å². The lowest BCUT2D eigenvalue weighted by Crippen LogP contribution is -2.03. The van der Waals surface area contributed by atoms with Gasteiger partial charge in [0.15, 0.2) is 17.5 Å². The highest BCUT2D eigenvalue weighted by atomic mass is 32.1. The third-order valence-electron chi connectivity index (χ3n) is 9.88. The molecule has 4 aromatic heterocycles. The molecule has 51 heavy (non-hydrogen) atoms. The maximum atomic E-state index is 6.50. The minimum atomic E-state index is 0.563. The molecular formula is C45H26N4OS. The summed E-state index contributed by atoms with van der Waals surface area (Å²) in [6, 6.07) is 54.9. The van der Waals surface area contributed by atoms with Crippen molar-refractivity contribution in [2.75, 3.05) is 0 Å². The lowest BCUT2D eigenvalue weighted by molar-refractivity contribution is 0.669. The first-order valence-electron chi connectivity index (χ1n) is 16.9. The van der Waals surface area contributed by atoms with Gasteiger partial charge in [0.2, 0.25) is 0 Å². The predicted molar refractivity (Wildman–Crippen MR) is 211 cm³/mol. The van der Waals surface area contributed by atoms with E-state index in [1.165, 1.54) is 30.9 Å². The molecule has 0 aliphatic carbocycles. The molecule has 0 unspecified atom stereocenters. The van der Waals surface area contributed by atoms with E-state index in [4.69, 9.17) is 19.4 Å². The summed E-state index contributed by atoms with van der Waals surface area (Å²) in [4.78, 5) is 15.7. The molecule has 5 nitrogen and oxygen atoms in total. The summed E-state index contributed by atoms with van der Waals surface area (Å²) in [6.45, 7) is 0. The molecule has 0 atom stereocenters. The fourth-order valence-electron chi connectivity index (χ4n) is 7.57. The van der Waals surface area contributed by atoms with E-state index in [0.29, 0.717) is 17.5 Å². The molecule has 0 radical (unpaired) electrons. The van der Waals surface area contributed by atoms with Crippen molar-refractivity contribution in [2.45, 2.75) is 0 Å². The normalized spacial score (nSPS) is 11.9. The van der Waals surface area contributed by atoms with Gasteiger partial charge in [0.1, 0.15) is 11.2 Å². The second kappa shape index (κ2) is 10.9. The van der Waals surface area contributed by atoms with Crippen LogP contribution in [0.3, 0.4) is 0 Å². The molecule has 0 amide bonds. The molecule has 0 saturated carbocycles. The van der Waals surface area contributed by atoms with Crippen LogP contribution in [0.25, 0.3) is 104 Å². The highest BCUT2D eigenvalue weighted by Crippen LogP contribution is 2.40. The van der Waals surface area contributed by atoms with Crippen LogP contribution in [-0.4, -0.2) is 19.5 Å². The maximum absolute atomic E-state index is 6.50. The number of fused-ring (bicyclic) bond motifs is 9. The average molecular weight is 671 g/mol. The minimum absolute atomic E-state index is 0.563. The summed E-state index contributed by atoms with van der Waals surface area (Å²) in [5.74, 6) is 1.77. The Kier molecular flexibility index (Phi) is 6.05. The molecule has 0 spiro atoms. The second-order valence-corrected chi connectivity index (χ2v) is 13.9. The number of thiophene rings is 1. The first kappa shape index (κ1) is 28.2. The number of benzene rings is 7. The van der Waals surface area contributed by atoms with Gasteiger partial charge >= 0.3 is 0 Å². The van der Waals surface area contributed by atoms with Gasteiger partial charge in [-0.2, -0.15) is 0 Å². The molecule has 11 aromatic rings. The van der Waals surface area contributed by atoms with E-state index in [0.717, 1.165) is 55.3 Å². The average Bonchev–Trinajstić information content (AvgIpc) is 3.87. The number of hydrogen-bond donors (Lipinski definition) is 0. The van der Waals surface area contributed by atoms with Crippen LogP contribution in [0.1, 0.15) is 0 Å². The molecule has 0 fully saturated rings. The zero-order chi connectivity index (χ0) is 33.5. The largest absolute Gasteiger partial charge is 0.455 e. The molecule has 0 N–H and O–H groups in total. The van der Waals surface area contributed by atoms with Crippen LogP contribution >= 0.6 is 11.3 Å². The molecule has 6 heteroatoms. The van der Waals surface area contributed by atoms with Gasteiger partial charge in [-0.3, -0.25) is 0 Å². The molecule has 11 rings (SSSR count). The highest BCUT2D eigenvalue weighted by Gasteiger charge is 2.21. The second-order valence-electron chi connectivity index (χ2n) is 12.8. The summed E-state index contributed by atoms with van der Waals surface area (Å²) in [5.41, 5.74) is 7.52. The van der Waals surface area contributed by atoms with E-state index in [1.807, 2.05) is 24.3 Å². The van der Waals surface area contributed by atoms with Crippen LogP contribution in [0.4, 0.5) is 0 Å². The van der Waals surface area contributed by atoms with Gasteiger partial charge in [-0.05, 0) is 48.5 Å². The van der Waals surface area contributed by atoms with Gasteiger partial charge in [0.05, 0.1) is 22.3 Å². The Balaban J connectivity index is 1.19. The molecule has 4 heterocycles. The Labute approximate surface area is 295 Å². The van der Waals surface area contributed by atoms with Crippen molar-refractivity contribution < 1.29 is 4.42 Å². The Hall–Kier alpha value is -6.63. The minimum Gasteiger partial charge on any atom is -0.455 e. The first-order chi connectivity index (χ1) is 25.3. The summed E-state index contributed by atoms with van der Waals surface area (Å²) in [5, 5.41) is 7.00. The van der Waals surface area contributed by atoms with Crippen LogP contribution < -0.4 is 0 Å². The molecule has 0 bridgehead atoms. The monoisotopic (exact) mass is 670 g/mol. The number of hydrogen-bond acceptors (Lipinski definition) is 5. The zero-order valence-corrected chi connectivity index (χ0v) is 27.9. The van der Waals surface area contributed by atoms with Gasteiger partial charge in [0.25, 0.3) is 0 Å². The summed E-state index contributed by atoms with van der Waals surface area (Å²) < 4.78 is 11.3. The van der Waals surface area contributed by atoms with Gasteiger partial charge < -0.3 is 8.98 Å². The smallest absolute Gasteiger partial charge is 0.167 e. The van der Waals surface area contributed by atoms with Gasteiger partial charge in [-0.25, -0.2) is 15.0 Å². The predicted octanol–water partition coefficient (Wildman–Crippen LogP) is 12.2. The summed E-state index contributed by atoms with van der Waals surface area (Å²) >= 11 is 1.79. The van der Waals surface area contributed by atoms with Crippen LogP contribution in [-0.2, 0) is 0 Å². The van der Waals surface area contributed by atoms with Crippen molar-refractivity contribution in [1.82, 2.24) is 19.5 Å². The topological polar surface area (TPSA) is 56.7 Å². The Morgan fingerprint density at radius 2 is 1.02 bits per heavy atom. The summed E-state index contributed by atoms with van der Waals surface area (Å²) in [7, 11) is 0. The van der Waals surface area contributed by atoms with Crippen LogP contribution in [0.2, 0.25) is 0 Å². The summed E-state index contributed by atoms with van der Waals surface area (Å²) in [6.07, 6.45) is 0. The van der Waals surface area contributed by atoms with Gasteiger partial charge in [-0.1, -0.05) is 109 Å². The Morgan fingerprint density at radius 1 is 0.431 bits per heavy atom. The van der Waals surface area contributed by atoms with Crippen LogP contribution in [0.5, 0.6) is 0 Å². The number of nitrogens with zero attached hydrogens (tertiary/aromatic N) is 4. The van der Waals surface area contributed by atoms with Crippen LogP contribution in [0, 0.1) is 0 Å². The fraction of sp³-hybridized carbons (Fsp3) is 0. The lowest BCUT2D eigenvalue weighted by Gasteiger charge is -2.14. The van der Waals surface area contributed by atoms with Gasteiger partial charge in [0, 0.05) is 52.8 Å². The number of rotatable bonds is 4.